The molecule has 0 aromatic heterocycles. The van der Waals surface area contributed by atoms with Crippen LogP contribution in [-0.2, 0) is 0 Å². The molecule has 1 aromatic carbocycles. The number of ether oxygens (including phenoxy) is 2. The van der Waals surface area contributed by atoms with E-state index in [1.54, 1.807) is 7.11 Å². The first kappa shape index (κ1) is 16.2. The summed E-state index contributed by atoms with van der Waals surface area (Å²) in [4.78, 5) is 0. The van der Waals surface area contributed by atoms with Gasteiger partial charge in [-0.3, -0.25) is 0 Å². The molecule has 21 heavy (non-hydrogen) atoms. The second-order valence-corrected chi connectivity index (χ2v) is 7.14. The maximum absolute atomic E-state index is 6.07. The van der Waals surface area contributed by atoms with Crippen LogP contribution in [0.15, 0.2) is 24.3 Å². The zero-order valence-corrected chi connectivity index (χ0v) is 13.7. The third-order valence-corrected chi connectivity index (χ3v) is 5.06. The molecule has 1 fully saturated rings. The zero-order valence-electron chi connectivity index (χ0n) is 13.7. The SMILES string of the molecule is COc1ccc(OCCC2(CN)CCC(C)(C)CC2)cc1. The average molecular weight is 291 g/mol. The Kier molecular flexibility index (Phi) is 5.15. The predicted octanol–water partition coefficient (Wildman–Crippen LogP) is 4.01. The average Bonchev–Trinajstić information content (AvgIpc) is 2.50. The molecule has 3 nitrogen and oxygen atoms in total. The van der Waals surface area contributed by atoms with Gasteiger partial charge in [-0.2, -0.15) is 0 Å². The minimum absolute atomic E-state index is 0.280. The summed E-state index contributed by atoms with van der Waals surface area (Å²) in [6, 6.07) is 7.77. The molecule has 0 radical (unpaired) electrons. The van der Waals surface area contributed by atoms with Crippen molar-refractivity contribution >= 4 is 0 Å². The van der Waals surface area contributed by atoms with Crippen molar-refractivity contribution < 1.29 is 9.47 Å². The molecule has 2 N–H and O–H groups in total. The van der Waals surface area contributed by atoms with Crippen LogP contribution in [0.3, 0.4) is 0 Å². The van der Waals surface area contributed by atoms with Crippen LogP contribution in [0, 0.1) is 10.8 Å². The van der Waals surface area contributed by atoms with E-state index in [-0.39, 0.29) is 5.41 Å². The van der Waals surface area contributed by atoms with Crippen LogP contribution in [-0.4, -0.2) is 20.3 Å². The lowest BCUT2D eigenvalue weighted by Crippen LogP contribution is -2.38. The quantitative estimate of drug-likeness (QED) is 0.861. The monoisotopic (exact) mass is 291 g/mol. The summed E-state index contributed by atoms with van der Waals surface area (Å²) in [7, 11) is 1.67. The van der Waals surface area contributed by atoms with E-state index in [2.05, 4.69) is 13.8 Å². The van der Waals surface area contributed by atoms with Crippen LogP contribution < -0.4 is 15.2 Å². The molecule has 0 atom stereocenters. The van der Waals surface area contributed by atoms with Gasteiger partial charge in [-0.15, -0.1) is 0 Å². The number of benzene rings is 1. The first-order valence-corrected chi connectivity index (χ1v) is 7.96. The summed E-state index contributed by atoms with van der Waals surface area (Å²) >= 11 is 0. The van der Waals surface area contributed by atoms with Gasteiger partial charge in [-0.05, 0) is 73.7 Å². The standard InChI is InChI=1S/C18H29NO2/c1-17(2)8-10-18(14-19,11-9-17)12-13-21-16-6-4-15(20-3)5-7-16/h4-7H,8-14,19H2,1-3H3. The summed E-state index contributed by atoms with van der Waals surface area (Å²) in [6.07, 6.45) is 6.04. The Hall–Kier alpha value is -1.22. The Morgan fingerprint density at radius 3 is 2.10 bits per heavy atom. The molecule has 0 saturated heterocycles. The van der Waals surface area contributed by atoms with Gasteiger partial charge in [-0.1, -0.05) is 13.8 Å². The first-order valence-electron chi connectivity index (χ1n) is 7.96. The normalized spacial score (nSPS) is 20.0. The second kappa shape index (κ2) is 6.69. The van der Waals surface area contributed by atoms with E-state index in [4.69, 9.17) is 15.2 Å². The van der Waals surface area contributed by atoms with E-state index < -0.39 is 0 Å². The molecule has 0 heterocycles. The van der Waals surface area contributed by atoms with Gasteiger partial charge in [0.1, 0.15) is 11.5 Å². The smallest absolute Gasteiger partial charge is 0.119 e. The molecular weight excluding hydrogens is 262 g/mol. The summed E-state index contributed by atoms with van der Waals surface area (Å²) < 4.78 is 11.0. The van der Waals surface area contributed by atoms with Crippen molar-refractivity contribution in [2.45, 2.75) is 46.0 Å². The Bertz CT molecular complexity index is 429. The van der Waals surface area contributed by atoms with Crippen molar-refractivity contribution in [1.29, 1.82) is 0 Å². The third kappa shape index (κ3) is 4.37. The highest BCUT2D eigenvalue weighted by atomic mass is 16.5. The van der Waals surface area contributed by atoms with Gasteiger partial charge >= 0.3 is 0 Å². The molecule has 3 heteroatoms. The summed E-state index contributed by atoms with van der Waals surface area (Å²) in [5.74, 6) is 1.76. The zero-order chi connectivity index (χ0) is 15.3. The van der Waals surface area contributed by atoms with Gasteiger partial charge < -0.3 is 15.2 Å². The molecule has 0 spiro atoms. The number of nitrogens with two attached hydrogens (primary N) is 1. The van der Waals surface area contributed by atoms with Crippen LogP contribution in [0.25, 0.3) is 0 Å². The Balaban J connectivity index is 1.83. The van der Waals surface area contributed by atoms with E-state index in [1.807, 2.05) is 24.3 Å². The lowest BCUT2D eigenvalue weighted by Gasteiger charge is -2.43. The molecular formula is C18H29NO2. The minimum atomic E-state index is 0.280. The Labute approximate surface area is 128 Å². The lowest BCUT2D eigenvalue weighted by atomic mass is 9.64. The van der Waals surface area contributed by atoms with Crippen LogP contribution >= 0.6 is 0 Å². The van der Waals surface area contributed by atoms with Crippen LogP contribution in [0.5, 0.6) is 11.5 Å². The largest absolute Gasteiger partial charge is 0.497 e. The molecule has 1 aromatic rings. The molecule has 0 aliphatic heterocycles. The third-order valence-electron chi connectivity index (χ3n) is 5.06. The van der Waals surface area contributed by atoms with Crippen LogP contribution in [0.4, 0.5) is 0 Å². The van der Waals surface area contributed by atoms with Crippen molar-refractivity contribution in [3.8, 4) is 11.5 Å². The highest BCUT2D eigenvalue weighted by Gasteiger charge is 2.37. The fraction of sp³-hybridized carbons (Fsp3) is 0.667. The van der Waals surface area contributed by atoms with Crippen LogP contribution in [0.2, 0.25) is 0 Å². The van der Waals surface area contributed by atoms with E-state index in [9.17, 15) is 0 Å². The number of hydrogen-bond acceptors (Lipinski definition) is 3. The van der Waals surface area contributed by atoms with Gasteiger partial charge in [0.05, 0.1) is 13.7 Å². The maximum atomic E-state index is 6.07. The summed E-state index contributed by atoms with van der Waals surface area (Å²) in [5, 5.41) is 0. The van der Waals surface area contributed by atoms with E-state index in [1.165, 1.54) is 25.7 Å². The highest BCUT2D eigenvalue weighted by molar-refractivity contribution is 5.31. The van der Waals surface area contributed by atoms with E-state index >= 15 is 0 Å². The van der Waals surface area contributed by atoms with Gasteiger partial charge in [0.2, 0.25) is 0 Å². The Morgan fingerprint density at radius 1 is 1.00 bits per heavy atom. The minimum Gasteiger partial charge on any atom is -0.497 e. The fourth-order valence-electron chi connectivity index (χ4n) is 3.07. The van der Waals surface area contributed by atoms with Crippen molar-refractivity contribution in [3.63, 3.8) is 0 Å². The van der Waals surface area contributed by atoms with Crippen molar-refractivity contribution in [3.05, 3.63) is 24.3 Å². The predicted molar refractivity (Wildman–Crippen MR) is 86.8 cm³/mol. The summed E-state index contributed by atoms with van der Waals surface area (Å²) in [5.41, 5.74) is 6.83. The topological polar surface area (TPSA) is 44.5 Å². The van der Waals surface area contributed by atoms with Crippen molar-refractivity contribution in [2.75, 3.05) is 20.3 Å². The molecule has 118 valence electrons. The number of methoxy groups -OCH3 is 1. The fourth-order valence-corrected chi connectivity index (χ4v) is 3.07. The maximum Gasteiger partial charge on any atom is 0.119 e. The van der Waals surface area contributed by atoms with Gasteiger partial charge in [0.25, 0.3) is 0 Å². The van der Waals surface area contributed by atoms with E-state index in [0.717, 1.165) is 31.1 Å². The van der Waals surface area contributed by atoms with E-state index in [0.29, 0.717) is 5.41 Å². The summed E-state index contributed by atoms with van der Waals surface area (Å²) in [6.45, 7) is 6.24. The van der Waals surface area contributed by atoms with Gasteiger partial charge in [0.15, 0.2) is 0 Å². The van der Waals surface area contributed by atoms with Crippen molar-refractivity contribution in [1.82, 2.24) is 0 Å². The van der Waals surface area contributed by atoms with Crippen LogP contribution in [0.1, 0.15) is 46.0 Å². The molecule has 0 amide bonds. The highest BCUT2D eigenvalue weighted by Crippen LogP contribution is 2.46. The second-order valence-electron chi connectivity index (χ2n) is 7.14. The molecule has 0 bridgehead atoms. The molecule has 2 rings (SSSR count). The van der Waals surface area contributed by atoms with Crippen molar-refractivity contribution in [2.24, 2.45) is 16.6 Å². The molecule has 1 aliphatic carbocycles. The number of hydrogen-bond donors (Lipinski definition) is 1. The first-order chi connectivity index (χ1) is 9.99. The number of rotatable bonds is 6. The molecule has 0 unspecified atom stereocenters. The molecule has 1 saturated carbocycles. The lowest BCUT2D eigenvalue weighted by molar-refractivity contribution is 0.0835. The van der Waals surface area contributed by atoms with Gasteiger partial charge in [-0.25, -0.2) is 0 Å². The Morgan fingerprint density at radius 2 is 1.57 bits per heavy atom. The molecule has 1 aliphatic rings. The van der Waals surface area contributed by atoms with Gasteiger partial charge in [0, 0.05) is 0 Å².